The lowest BCUT2D eigenvalue weighted by Crippen LogP contribution is -2.35. The number of carboxylic acid groups (broad SMARTS) is 1. The molecule has 2 heterocycles. The quantitative estimate of drug-likeness (QED) is 0.923. The molecule has 0 spiro atoms. The molecule has 0 fully saturated rings. The van der Waals surface area contributed by atoms with Crippen molar-refractivity contribution in [2.75, 3.05) is 6.54 Å². The highest BCUT2D eigenvalue weighted by atomic mass is 32.1. The Labute approximate surface area is 120 Å². The monoisotopic (exact) mass is 287 g/mol. The number of benzene rings is 1. The molecule has 0 atom stereocenters. The summed E-state index contributed by atoms with van der Waals surface area (Å²) in [6.07, 6.45) is 0.872. The number of fused-ring (bicyclic) bond motifs is 1. The molecule has 1 amide bonds. The third kappa shape index (κ3) is 2.32. The van der Waals surface area contributed by atoms with E-state index in [1.54, 1.807) is 28.4 Å². The first-order valence-electron chi connectivity index (χ1n) is 6.33. The molecule has 4 nitrogen and oxygen atoms in total. The maximum atomic E-state index is 12.4. The van der Waals surface area contributed by atoms with Crippen LogP contribution in [0.4, 0.5) is 0 Å². The number of hydrogen-bond acceptors (Lipinski definition) is 3. The molecule has 2 aromatic rings. The lowest BCUT2D eigenvalue weighted by molar-refractivity contribution is 0.0697. The fourth-order valence-electron chi connectivity index (χ4n) is 2.39. The minimum absolute atomic E-state index is 0.107. The van der Waals surface area contributed by atoms with Gasteiger partial charge in [-0.15, -0.1) is 11.3 Å². The Balaban J connectivity index is 1.83. The fourth-order valence-corrected chi connectivity index (χ4v) is 3.28. The van der Waals surface area contributed by atoms with Gasteiger partial charge in [0.2, 0.25) is 0 Å². The standard InChI is InChI=1S/C15H13NO3S/c17-14(10-2-1-3-11(8-10)15(18)19)16-6-4-13-12(9-16)5-7-20-13/h1-3,5,7-8H,4,6,9H2,(H,18,19). The van der Waals surface area contributed by atoms with E-state index in [9.17, 15) is 9.59 Å². The molecule has 1 N–H and O–H groups in total. The Hall–Kier alpha value is -2.14. The molecule has 0 aliphatic carbocycles. The summed E-state index contributed by atoms with van der Waals surface area (Å²) in [5.74, 6) is -1.12. The average molecular weight is 287 g/mol. The van der Waals surface area contributed by atoms with Crippen LogP contribution >= 0.6 is 11.3 Å². The van der Waals surface area contributed by atoms with Crippen molar-refractivity contribution in [3.8, 4) is 0 Å². The molecule has 1 aromatic carbocycles. The van der Waals surface area contributed by atoms with Crippen molar-refractivity contribution in [3.05, 3.63) is 57.3 Å². The second-order valence-electron chi connectivity index (χ2n) is 4.73. The molecule has 20 heavy (non-hydrogen) atoms. The lowest BCUT2D eigenvalue weighted by Gasteiger charge is -2.27. The molecule has 3 rings (SSSR count). The van der Waals surface area contributed by atoms with Gasteiger partial charge in [0.15, 0.2) is 0 Å². The highest BCUT2D eigenvalue weighted by Crippen LogP contribution is 2.25. The number of aromatic carboxylic acids is 1. The second kappa shape index (κ2) is 5.09. The Morgan fingerprint density at radius 2 is 2.00 bits per heavy atom. The van der Waals surface area contributed by atoms with E-state index in [1.165, 1.54) is 22.6 Å². The summed E-state index contributed by atoms with van der Waals surface area (Å²) < 4.78 is 0. The van der Waals surface area contributed by atoms with E-state index in [2.05, 4.69) is 0 Å². The largest absolute Gasteiger partial charge is 0.478 e. The summed E-state index contributed by atoms with van der Waals surface area (Å²) in [6, 6.07) is 8.25. The Bertz CT molecular complexity index is 677. The maximum absolute atomic E-state index is 12.4. The molecular weight excluding hydrogens is 274 g/mol. The number of nitrogens with zero attached hydrogens (tertiary/aromatic N) is 1. The second-order valence-corrected chi connectivity index (χ2v) is 5.73. The van der Waals surface area contributed by atoms with Crippen molar-refractivity contribution in [3.63, 3.8) is 0 Å². The van der Waals surface area contributed by atoms with Crippen LogP contribution in [-0.4, -0.2) is 28.4 Å². The van der Waals surface area contributed by atoms with E-state index in [-0.39, 0.29) is 11.5 Å². The van der Waals surface area contributed by atoms with Crippen molar-refractivity contribution >= 4 is 23.2 Å². The van der Waals surface area contributed by atoms with Crippen LogP contribution in [0.1, 0.15) is 31.2 Å². The molecule has 102 valence electrons. The van der Waals surface area contributed by atoms with E-state index < -0.39 is 5.97 Å². The molecule has 0 radical (unpaired) electrons. The summed E-state index contributed by atoms with van der Waals surface area (Å²) in [7, 11) is 0. The minimum Gasteiger partial charge on any atom is -0.478 e. The van der Waals surface area contributed by atoms with Gasteiger partial charge in [0.05, 0.1) is 5.56 Å². The first-order chi connectivity index (χ1) is 9.65. The third-order valence-electron chi connectivity index (χ3n) is 3.45. The first kappa shape index (κ1) is 12.9. The predicted molar refractivity (Wildman–Crippen MR) is 76.2 cm³/mol. The predicted octanol–water partition coefficient (Wildman–Crippen LogP) is 2.64. The number of rotatable bonds is 2. The normalized spacial score (nSPS) is 13.9. The number of carbonyl (C=O) groups excluding carboxylic acids is 1. The molecule has 1 aliphatic heterocycles. The Morgan fingerprint density at radius 3 is 2.80 bits per heavy atom. The Kier molecular flexibility index (Phi) is 3.28. The van der Waals surface area contributed by atoms with Crippen LogP contribution in [0.25, 0.3) is 0 Å². The van der Waals surface area contributed by atoms with Crippen LogP contribution in [0.3, 0.4) is 0 Å². The van der Waals surface area contributed by atoms with Crippen molar-refractivity contribution < 1.29 is 14.7 Å². The highest BCUT2D eigenvalue weighted by Gasteiger charge is 2.22. The van der Waals surface area contributed by atoms with Gasteiger partial charge in [-0.1, -0.05) is 6.07 Å². The molecule has 0 unspecified atom stereocenters. The van der Waals surface area contributed by atoms with Gasteiger partial charge >= 0.3 is 5.97 Å². The molecule has 0 bridgehead atoms. The number of hydrogen-bond donors (Lipinski definition) is 1. The van der Waals surface area contributed by atoms with Gasteiger partial charge in [0.25, 0.3) is 5.91 Å². The zero-order valence-corrected chi connectivity index (χ0v) is 11.5. The van der Waals surface area contributed by atoms with Crippen LogP contribution in [-0.2, 0) is 13.0 Å². The molecule has 1 aromatic heterocycles. The fraction of sp³-hybridized carbons (Fsp3) is 0.200. The molecule has 0 saturated carbocycles. The van der Waals surface area contributed by atoms with Crippen LogP contribution in [0.2, 0.25) is 0 Å². The topological polar surface area (TPSA) is 57.6 Å². The summed E-state index contributed by atoms with van der Waals surface area (Å²) in [5.41, 5.74) is 1.77. The van der Waals surface area contributed by atoms with Crippen LogP contribution in [0.5, 0.6) is 0 Å². The van der Waals surface area contributed by atoms with Crippen molar-refractivity contribution in [2.24, 2.45) is 0 Å². The zero-order valence-electron chi connectivity index (χ0n) is 10.7. The van der Waals surface area contributed by atoms with Gasteiger partial charge in [-0.3, -0.25) is 4.79 Å². The number of carbonyl (C=O) groups is 2. The Morgan fingerprint density at radius 1 is 1.20 bits per heavy atom. The van der Waals surface area contributed by atoms with Gasteiger partial charge in [-0.25, -0.2) is 4.79 Å². The van der Waals surface area contributed by atoms with Crippen molar-refractivity contribution in [1.29, 1.82) is 0 Å². The van der Waals surface area contributed by atoms with Gasteiger partial charge in [-0.05, 0) is 41.6 Å². The summed E-state index contributed by atoms with van der Waals surface area (Å²) in [6.45, 7) is 1.29. The van der Waals surface area contributed by atoms with E-state index in [0.717, 1.165) is 6.42 Å². The SMILES string of the molecule is O=C(O)c1cccc(C(=O)N2CCc3sccc3C2)c1. The van der Waals surface area contributed by atoms with Crippen molar-refractivity contribution in [1.82, 2.24) is 4.90 Å². The van der Waals surface area contributed by atoms with Gasteiger partial charge in [0, 0.05) is 23.5 Å². The third-order valence-corrected chi connectivity index (χ3v) is 4.47. The maximum Gasteiger partial charge on any atom is 0.335 e. The number of thiophene rings is 1. The van der Waals surface area contributed by atoms with E-state index in [0.29, 0.717) is 18.7 Å². The number of amides is 1. The molecule has 0 saturated heterocycles. The molecule has 5 heteroatoms. The first-order valence-corrected chi connectivity index (χ1v) is 7.21. The summed E-state index contributed by atoms with van der Waals surface area (Å²) in [4.78, 5) is 26.5. The molecular formula is C15H13NO3S. The van der Waals surface area contributed by atoms with Crippen LogP contribution in [0, 0.1) is 0 Å². The van der Waals surface area contributed by atoms with Gasteiger partial charge < -0.3 is 10.0 Å². The highest BCUT2D eigenvalue weighted by molar-refractivity contribution is 7.10. The zero-order chi connectivity index (χ0) is 14.1. The number of carboxylic acids is 1. The van der Waals surface area contributed by atoms with Crippen LogP contribution < -0.4 is 0 Å². The summed E-state index contributed by atoms with van der Waals surface area (Å²) >= 11 is 1.73. The lowest BCUT2D eigenvalue weighted by atomic mass is 10.1. The van der Waals surface area contributed by atoms with Gasteiger partial charge in [-0.2, -0.15) is 0 Å². The van der Waals surface area contributed by atoms with E-state index >= 15 is 0 Å². The average Bonchev–Trinajstić information content (AvgIpc) is 2.94. The van der Waals surface area contributed by atoms with Gasteiger partial charge in [0.1, 0.15) is 0 Å². The van der Waals surface area contributed by atoms with Crippen LogP contribution in [0.15, 0.2) is 35.7 Å². The van der Waals surface area contributed by atoms with E-state index in [1.807, 2.05) is 11.4 Å². The summed E-state index contributed by atoms with van der Waals surface area (Å²) in [5, 5.41) is 11.0. The van der Waals surface area contributed by atoms with Crippen molar-refractivity contribution in [2.45, 2.75) is 13.0 Å². The minimum atomic E-state index is -1.02. The smallest absolute Gasteiger partial charge is 0.335 e. The van der Waals surface area contributed by atoms with E-state index in [4.69, 9.17) is 5.11 Å². The molecule has 1 aliphatic rings.